The highest BCUT2D eigenvalue weighted by molar-refractivity contribution is 5.23. The van der Waals surface area contributed by atoms with Crippen molar-refractivity contribution in [3.63, 3.8) is 0 Å². The molecule has 0 aromatic heterocycles. The van der Waals surface area contributed by atoms with Gasteiger partial charge in [-0.2, -0.15) is 0 Å². The van der Waals surface area contributed by atoms with Crippen molar-refractivity contribution in [2.75, 3.05) is 13.7 Å². The van der Waals surface area contributed by atoms with Gasteiger partial charge < -0.3 is 10.5 Å². The first-order valence-corrected chi connectivity index (χ1v) is 4.63. The molecule has 0 unspecified atom stereocenters. The fraction of sp³-hybridized carbons (Fsp3) is 0.455. The van der Waals surface area contributed by atoms with Crippen LogP contribution in [0.15, 0.2) is 24.3 Å². The third-order valence-electron chi connectivity index (χ3n) is 1.97. The van der Waals surface area contributed by atoms with Crippen molar-refractivity contribution in [1.29, 1.82) is 0 Å². The molecule has 1 aromatic carbocycles. The number of hydrogen-bond donors (Lipinski definition) is 1. The minimum Gasteiger partial charge on any atom is -0.380 e. The number of rotatable bonds is 5. The van der Waals surface area contributed by atoms with Gasteiger partial charge in [0.2, 0.25) is 0 Å². The monoisotopic (exact) mass is 179 g/mol. The molecule has 0 aliphatic carbocycles. The Morgan fingerprint density at radius 3 is 2.77 bits per heavy atom. The van der Waals surface area contributed by atoms with Crippen LogP contribution in [0.4, 0.5) is 0 Å². The summed E-state index contributed by atoms with van der Waals surface area (Å²) in [5, 5.41) is 0. The number of hydrogen-bond acceptors (Lipinski definition) is 2. The maximum Gasteiger partial charge on any atom is 0.0713 e. The third kappa shape index (κ3) is 3.57. The van der Waals surface area contributed by atoms with Crippen LogP contribution >= 0.6 is 0 Å². The number of ether oxygens (including phenoxy) is 1. The highest BCUT2D eigenvalue weighted by atomic mass is 16.5. The van der Waals surface area contributed by atoms with Gasteiger partial charge in [-0.15, -0.1) is 0 Å². The van der Waals surface area contributed by atoms with E-state index in [2.05, 4.69) is 24.3 Å². The molecule has 0 spiro atoms. The van der Waals surface area contributed by atoms with Crippen molar-refractivity contribution < 1.29 is 4.74 Å². The second-order valence-electron chi connectivity index (χ2n) is 3.15. The summed E-state index contributed by atoms with van der Waals surface area (Å²) in [6.07, 6.45) is 2.12. The maximum absolute atomic E-state index is 5.45. The molecule has 0 bridgehead atoms. The standard InChI is InChI=1S/C11H17NO/c1-13-9-11-5-2-4-10(8-11)6-3-7-12/h2,4-5,8H,3,6-7,9,12H2,1H3. The van der Waals surface area contributed by atoms with Crippen LogP contribution in [0.5, 0.6) is 0 Å². The van der Waals surface area contributed by atoms with Crippen molar-refractivity contribution in [2.24, 2.45) is 5.73 Å². The van der Waals surface area contributed by atoms with Gasteiger partial charge in [0, 0.05) is 7.11 Å². The topological polar surface area (TPSA) is 35.2 Å². The third-order valence-corrected chi connectivity index (χ3v) is 1.97. The summed E-state index contributed by atoms with van der Waals surface area (Å²) in [4.78, 5) is 0. The Labute approximate surface area is 79.7 Å². The van der Waals surface area contributed by atoms with Gasteiger partial charge >= 0.3 is 0 Å². The summed E-state index contributed by atoms with van der Waals surface area (Å²) in [7, 11) is 1.71. The summed E-state index contributed by atoms with van der Waals surface area (Å²) < 4.78 is 5.06. The second-order valence-corrected chi connectivity index (χ2v) is 3.15. The Morgan fingerprint density at radius 2 is 2.08 bits per heavy atom. The molecule has 0 saturated carbocycles. The summed E-state index contributed by atoms with van der Waals surface area (Å²) in [6, 6.07) is 8.46. The number of aryl methyl sites for hydroxylation is 1. The van der Waals surface area contributed by atoms with Crippen LogP contribution in [0.1, 0.15) is 17.5 Å². The molecule has 0 heterocycles. The minimum absolute atomic E-state index is 0.691. The lowest BCUT2D eigenvalue weighted by Crippen LogP contribution is -2.00. The molecule has 0 radical (unpaired) electrons. The molecular weight excluding hydrogens is 162 g/mol. The van der Waals surface area contributed by atoms with Gasteiger partial charge in [0.1, 0.15) is 0 Å². The molecule has 13 heavy (non-hydrogen) atoms. The van der Waals surface area contributed by atoms with E-state index in [1.54, 1.807) is 7.11 Å². The zero-order chi connectivity index (χ0) is 9.52. The number of nitrogens with two attached hydrogens (primary N) is 1. The Morgan fingerprint density at radius 1 is 1.31 bits per heavy atom. The van der Waals surface area contributed by atoms with E-state index in [1.807, 2.05) is 0 Å². The fourth-order valence-electron chi connectivity index (χ4n) is 1.35. The minimum atomic E-state index is 0.691. The molecule has 1 aromatic rings. The first-order valence-electron chi connectivity index (χ1n) is 4.63. The quantitative estimate of drug-likeness (QED) is 0.747. The average molecular weight is 179 g/mol. The number of methoxy groups -OCH3 is 1. The molecule has 0 fully saturated rings. The zero-order valence-corrected chi connectivity index (χ0v) is 8.12. The average Bonchev–Trinajstić information content (AvgIpc) is 2.16. The van der Waals surface area contributed by atoms with Crippen LogP contribution in [-0.4, -0.2) is 13.7 Å². The van der Waals surface area contributed by atoms with E-state index in [9.17, 15) is 0 Å². The van der Waals surface area contributed by atoms with Gasteiger partial charge in [0.05, 0.1) is 6.61 Å². The highest BCUT2D eigenvalue weighted by Crippen LogP contribution is 2.07. The smallest absolute Gasteiger partial charge is 0.0713 e. The molecule has 2 heteroatoms. The van der Waals surface area contributed by atoms with Crippen molar-refractivity contribution in [2.45, 2.75) is 19.4 Å². The molecule has 0 atom stereocenters. The van der Waals surface area contributed by atoms with Crippen LogP contribution in [-0.2, 0) is 17.8 Å². The second kappa shape index (κ2) is 5.73. The lowest BCUT2D eigenvalue weighted by molar-refractivity contribution is 0.185. The van der Waals surface area contributed by atoms with Crippen LogP contribution < -0.4 is 5.73 Å². The zero-order valence-electron chi connectivity index (χ0n) is 8.12. The Balaban J connectivity index is 2.56. The van der Waals surface area contributed by atoms with Gasteiger partial charge in [-0.25, -0.2) is 0 Å². The van der Waals surface area contributed by atoms with Crippen LogP contribution in [0.3, 0.4) is 0 Å². The van der Waals surface area contributed by atoms with E-state index >= 15 is 0 Å². The fourth-order valence-corrected chi connectivity index (χ4v) is 1.35. The normalized spacial score (nSPS) is 10.3. The highest BCUT2D eigenvalue weighted by Gasteiger charge is 1.94. The predicted octanol–water partition coefficient (Wildman–Crippen LogP) is 1.72. The Bertz CT molecular complexity index is 248. The van der Waals surface area contributed by atoms with E-state index in [0.29, 0.717) is 6.61 Å². The van der Waals surface area contributed by atoms with Crippen molar-refractivity contribution in [3.8, 4) is 0 Å². The molecule has 1 rings (SSSR count). The van der Waals surface area contributed by atoms with E-state index in [0.717, 1.165) is 19.4 Å². The van der Waals surface area contributed by atoms with Gasteiger partial charge in [0.25, 0.3) is 0 Å². The SMILES string of the molecule is COCc1cccc(CCCN)c1. The summed E-state index contributed by atoms with van der Waals surface area (Å²) in [6.45, 7) is 1.45. The van der Waals surface area contributed by atoms with Crippen LogP contribution in [0, 0.1) is 0 Å². The van der Waals surface area contributed by atoms with Crippen molar-refractivity contribution in [1.82, 2.24) is 0 Å². The molecule has 0 aliphatic heterocycles. The van der Waals surface area contributed by atoms with Gasteiger partial charge in [0.15, 0.2) is 0 Å². The largest absolute Gasteiger partial charge is 0.380 e. The van der Waals surface area contributed by atoms with E-state index in [4.69, 9.17) is 10.5 Å². The molecule has 2 N–H and O–H groups in total. The molecular formula is C11H17NO. The molecule has 72 valence electrons. The molecule has 0 aliphatic rings. The first kappa shape index (κ1) is 10.2. The summed E-state index contributed by atoms with van der Waals surface area (Å²) in [5.74, 6) is 0. The Kier molecular flexibility index (Phi) is 4.50. The lowest BCUT2D eigenvalue weighted by atomic mass is 10.1. The molecule has 0 saturated heterocycles. The van der Waals surface area contributed by atoms with Crippen LogP contribution in [0.25, 0.3) is 0 Å². The molecule has 0 amide bonds. The van der Waals surface area contributed by atoms with E-state index < -0.39 is 0 Å². The van der Waals surface area contributed by atoms with Crippen molar-refractivity contribution >= 4 is 0 Å². The summed E-state index contributed by atoms with van der Waals surface area (Å²) >= 11 is 0. The van der Waals surface area contributed by atoms with Crippen molar-refractivity contribution in [3.05, 3.63) is 35.4 Å². The summed E-state index contributed by atoms with van der Waals surface area (Å²) in [5.41, 5.74) is 8.03. The molecule has 2 nitrogen and oxygen atoms in total. The van der Waals surface area contributed by atoms with E-state index in [-0.39, 0.29) is 0 Å². The Hall–Kier alpha value is -0.860. The maximum atomic E-state index is 5.45. The van der Waals surface area contributed by atoms with Gasteiger partial charge in [-0.3, -0.25) is 0 Å². The van der Waals surface area contributed by atoms with E-state index in [1.165, 1.54) is 11.1 Å². The lowest BCUT2D eigenvalue weighted by Gasteiger charge is -2.03. The van der Waals surface area contributed by atoms with Gasteiger partial charge in [-0.05, 0) is 30.5 Å². The first-order chi connectivity index (χ1) is 6.36. The van der Waals surface area contributed by atoms with Gasteiger partial charge in [-0.1, -0.05) is 24.3 Å². The van der Waals surface area contributed by atoms with Crippen LogP contribution in [0.2, 0.25) is 0 Å². The predicted molar refractivity (Wildman–Crippen MR) is 54.5 cm³/mol. The number of benzene rings is 1.